The van der Waals surface area contributed by atoms with Gasteiger partial charge in [-0.1, -0.05) is 12.6 Å². The summed E-state index contributed by atoms with van der Waals surface area (Å²) < 4.78 is 0. The van der Waals surface area contributed by atoms with Gasteiger partial charge in [-0.2, -0.15) is 0 Å². The van der Waals surface area contributed by atoms with Gasteiger partial charge in [0.1, 0.15) is 11.6 Å². The molecule has 0 saturated carbocycles. The van der Waals surface area contributed by atoms with Gasteiger partial charge in [0.05, 0.1) is 11.4 Å². The number of aromatic hydroxyl groups is 1. The van der Waals surface area contributed by atoms with Crippen molar-refractivity contribution >= 4 is 23.5 Å². The number of rotatable bonds is 5. The Hall–Kier alpha value is -2.80. The number of phenols is 1. The van der Waals surface area contributed by atoms with Gasteiger partial charge in [0.2, 0.25) is 0 Å². The van der Waals surface area contributed by atoms with Crippen LogP contribution in [0, 0.1) is 0 Å². The largest absolute Gasteiger partial charge is 0.507 e. The molecule has 1 aromatic rings. The monoisotopic (exact) mass is 354 g/mol. The molecule has 0 amide bonds. The fourth-order valence-corrected chi connectivity index (χ4v) is 2.67. The van der Waals surface area contributed by atoms with E-state index in [1.54, 1.807) is 38.5 Å². The summed E-state index contributed by atoms with van der Waals surface area (Å²) in [6, 6.07) is 5.30. The summed E-state index contributed by atoms with van der Waals surface area (Å²) in [6.07, 6.45) is 3.24. The second-order valence-corrected chi connectivity index (χ2v) is 5.80. The van der Waals surface area contributed by atoms with E-state index in [-0.39, 0.29) is 5.75 Å². The Morgan fingerprint density at radius 1 is 1.19 bits per heavy atom. The van der Waals surface area contributed by atoms with Crippen molar-refractivity contribution in [3.05, 3.63) is 42.0 Å². The van der Waals surface area contributed by atoms with Crippen molar-refractivity contribution in [2.45, 2.75) is 6.92 Å². The van der Waals surface area contributed by atoms with Crippen molar-refractivity contribution in [3.63, 3.8) is 0 Å². The number of nitrogens with zero attached hydrogens (tertiary/aromatic N) is 5. The van der Waals surface area contributed by atoms with Gasteiger partial charge in [0, 0.05) is 57.6 Å². The van der Waals surface area contributed by atoms with Gasteiger partial charge >= 0.3 is 0 Å². The lowest BCUT2D eigenvalue weighted by atomic mass is 10.0. The van der Waals surface area contributed by atoms with E-state index in [9.17, 15) is 5.11 Å². The van der Waals surface area contributed by atoms with Crippen molar-refractivity contribution in [1.29, 1.82) is 0 Å². The third kappa shape index (κ3) is 4.86. The first-order valence-corrected chi connectivity index (χ1v) is 8.53. The van der Waals surface area contributed by atoms with Crippen molar-refractivity contribution in [3.8, 4) is 5.75 Å². The molecule has 2 rings (SSSR count). The van der Waals surface area contributed by atoms with Gasteiger partial charge in [0.15, 0.2) is 0 Å². The van der Waals surface area contributed by atoms with Crippen LogP contribution in [0.4, 0.5) is 0 Å². The van der Waals surface area contributed by atoms with Crippen molar-refractivity contribution in [1.82, 2.24) is 10.2 Å². The zero-order valence-electron chi connectivity index (χ0n) is 15.6. The zero-order chi connectivity index (χ0) is 18.9. The van der Waals surface area contributed by atoms with E-state index < -0.39 is 0 Å². The Morgan fingerprint density at radius 2 is 1.92 bits per heavy atom. The molecule has 1 aliphatic heterocycles. The van der Waals surface area contributed by atoms with Crippen LogP contribution < -0.4 is 5.32 Å². The highest BCUT2D eigenvalue weighted by Gasteiger charge is 2.12. The number of aliphatic imine (C=N–C) groups is 2. The molecule has 1 aliphatic rings. The average Bonchev–Trinajstić information content (AvgIpc) is 2.68. The molecule has 0 atom stereocenters. The predicted octanol–water partition coefficient (Wildman–Crippen LogP) is 1.73. The lowest BCUT2D eigenvalue weighted by Crippen LogP contribution is -2.45. The fourth-order valence-electron chi connectivity index (χ4n) is 2.67. The van der Waals surface area contributed by atoms with Crippen molar-refractivity contribution < 1.29 is 5.11 Å². The lowest BCUT2D eigenvalue weighted by molar-refractivity contribution is 0.355. The first kappa shape index (κ1) is 19.5. The molecule has 0 aromatic heterocycles. The minimum atomic E-state index is 0.0989. The summed E-state index contributed by atoms with van der Waals surface area (Å²) in [4.78, 5) is 10.3. The number of phenolic OH excluding ortho intramolecular Hbond substituents is 1. The van der Waals surface area contributed by atoms with Crippen LogP contribution in [0.25, 0.3) is 0 Å². The summed E-state index contributed by atoms with van der Waals surface area (Å²) >= 11 is 0. The molecule has 0 unspecified atom stereocenters. The first-order valence-electron chi connectivity index (χ1n) is 8.53. The number of nitrogens with one attached hydrogen (secondary N) is 1. The molecule has 1 fully saturated rings. The third-order valence-electron chi connectivity index (χ3n) is 4.13. The Labute approximate surface area is 154 Å². The van der Waals surface area contributed by atoms with Gasteiger partial charge in [-0.15, -0.1) is 10.2 Å². The molecule has 0 radical (unpaired) electrons. The maximum Gasteiger partial charge on any atom is 0.125 e. The number of benzene rings is 1. The minimum Gasteiger partial charge on any atom is -0.507 e. The number of hydrogen-bond donors (Lipinski definition) is 2. The number of hydrogen-bond acceptors (Lipinski definition) is 6. The second-order valence-electron chi connectivity index (χ2n) is 5.80. The molecular weight excluding hydrogens is 328 g/mol. The fraction of sp³-hybridized carbons (Fsp3) is 0.368. The molecule has 7 nitrogen and oxygen atoms in total. The van der Waals surface area contributed by atoms with Crippen LogP contribution in [0.3, 0.4) is 0 Å². The molecule has 7 heteroatoms. The predicted molar refractivity (Wildman–Crippen MR) is 109 cm³/mol. The zero-order valence-corrected chi connectivity index (χ0v) is 15.6. The molecule has 0 bridgehead atoms. The minimum absolute atomic E-state index is 0.0989. The van der Waals surface area contributed by atoms with Gasteiger partial charge in [-0.3, -0.25) is 9.98 Å². The van der Waals surface area contributed by atoms with Crippen LogP contribution in [0.15, 0.2) is 51.0 Å². The summed E-state index contributed by atoms with van der Waals surface area (Å²) in [5, 5.41) is 22.3. The van der Waals surface area contributed by atoms with E-state index in [0.717, 1.165) is 37.6 Å². The summed E-state index contributed by atoms with van der Waals surface area (Å²) in [5.41, 5.74) is 2.56. The van der Waals surface area contributed by atoms with E-state index in [1.807, 2.05) is 13.0 Å². The summed E-state index contributed by atoms with van der Waals surface area (Å²) in [5.74, 6) is 0.948. The van der Waals surface area contributed by atoms with Crippen LogP contribution >= 0.6 is 0 Å². The maximum atomic E-state index is 10.4. The van der Waals surface area contributed by atoms with Crippen molar-refractivity contribution in [2.75, 3.05) is 40.3 Å². The summed E-state index contributed by atoms with van der Waals surface area (Å²) in [7, 11) is 3.37. The van der Waals surface area contributed by atoms with Gasteiger partial charge < -0.3 is 15.3 Å². The van der Waals surface area contributed by atoms with Crippen LogP contribution in [0.5, 0.6) is 5.75 Å². The number of piperazine rings is 1. The first-order chi connectivity index (χ1) is 12.6. The Bertz CT molecular complexity index is 757. The van der Waals surface area contributed by atoms with E-state index in [1.165, 1.54) is 0 Å². The molecular formula is C19H26N6O. The van der Waals surface area contributed by atoms with E-state index in [2.05, 4.69) is 37.0 Å². The van der Waals surface area contributed by atoms with Crippen LogP contribution in [-0.2, 0) is 0 Å². The summed E-state index contributed by atoms with van der Waals surface area (Å²) in [6.45, 7) is 9.43. The maximum absolute atomic E-state index is 10.4. The molecule has 0 aliphatic carbocycles. The highest BCUT2D eigenvalue weighted by Crippen LogP contribution is 2.21. The Morgan fingerprint density at radius 3 is 2.50 bits per heavy atom. The second kappa shape index (κ2) is 9.62. The average molecular weight is 354 g/mol. The van der Waals surface area contributed by atoms with Crippen LogP contribution in [0.2, 0.25) is 0 Å². The smallest absolute Gasteiger partial charge is 0.125 e. The van der Waals surface area contributed by atoms with E-state index >= 15 is 0 Å². The molecule has 1 saturated heterocycles. The quantitative estimate of drug-likeness (QED) is 0.480. The van der Waals surface area contributed by atoms with Gasteiger partial charge in [-0.05, 0) is 25.1 Å². The lowest BCUT2D eigenvalue weighted by Gasteiger charge is -2.28. The van der Waals surface area contributed by atoms with E-state index in [0.29, 0.717) is 17.0 Å². The van der Waals surface area contributed by atoms with Crippen LogP contribution in [-0.4, -0.2) is 73.8 Å². The number of amidine groups is 1. The van der Waals surface area contributed by atoms with Gasteiger partial charge in [-0.25, -0.2) is 0 Å². The molecule has 138 valence electrons. The highest BCUT2D eigenvalue weighted by molar-refractivity contribution is 6.38. The Kier molecular flexibility index (Phi) is 7.23. The molecule has 1 aromatic carbocycles. The SMILES string of the molecule is C=C/C(=N\N=C(/C)N1CCNCC1)c1ccc(C(C=NC)=NC)cc1O. The molecule has 0 spiro atoms. The number of allylic oxidation sites excluding steroid dienone is 1. The third-order valence-corrected chi connectivity index (χ3v) is 4.13. The molecule has 1 heterocycles. The van der Waals surface area contributed by atoms with Gasteiger partial charge in [0.25, 0.3) is 0 Å². The topological polar surface area (TPSA) is 84.9 Å². The van der Waals surface area contributed by atoms with Crippen LogP contribution in [0.1, 0.15) is 18.1 Å². The van der Waals surface area contributed by atoms with E-state index in [4.69, 9.17) is 0 Å². The standard InChI is InChI=1S/C19H26N6O/c1-5-17(24-23-14(2)25-10-8-22-9-11-25)16-7-6-15(12-19(16)26)18(21-4)13-20-3/h5-7,12-13,22,26H,1,8-11H2,2-4H3/b20-13?,21-18?,23-14+,24-17+. The normalized spacial score (nSPS) is 17.0. The molecule has 26 heavy (non-hydrogen) atoms. The van der Waals surface area contributed by atoms with Crippen molar-refractivity contribution in [2.24, 2.45) is 20.2 Å². The molecule has 2 N–H and O–H groups in total. The highest BCUT2D eigenvalue weighted by atomic mass is 16.3. The Balaban J connectivity index is 2.27.